The van der Waals surface area contributed by atoms with Gasteiger partial charge in [0.05, 0.1) is 6.61 Å². The molecule has 2 aliphatic rings. The van der Waals surface area contributed by atoms with Crippen LogP contribution in [0.15, 0.2) is 42.5 Å². The summed E-state index contributed by atoms with van der Waals surface area (Å²) in [6.45, 7) is 4.49. The van der Waals surface area contributed by atoms with E-state index in [2.05, 4.69) is 48.2 Å². The van der Waals surface area contributed by atoms with Gasteiger partial charge in [-0.15, -0.1) is 0 Å². The number of nitrogens with zero attached hydrogens (tertiary/aromatic N) is 1. The molecule has 0 unspecified atom stereocenters. The third-order valence-corrected chi connectivity index (χ3v) is 4.46. The van der Waals surface area contributed by atoms with Crippen LogP contribution < -0.4 is 0 Å². The Balaban J connectivity index is 1.87. The Hall–Kier alpha value is -1.61. The molecule has 1 aliphatic carbocycles. The van der Waals surface area contributed by atoms with E-state index >= 15 is 0 Å². The summed E-state index contributed by atoms with van der Waals surface area (Å²) in [7, 11) is 0. The average Bonchev–Trinajstić information content (AvgIpc) is 3.08. The number of rotatable bonds is 4. The molecular formula is C17H21NO2. The van der Waals surface area contributed by atoms with Crippen LogP contribution in [0, 0.1) is 5.92 Å². The zero-order valence-corrected chi connectivity index (χ0v) is 12.0. The quantitative estimate of drug-likeness (QED) is 0.623. The normalized spacial score (nSPS) is 29.6. The van der Waals surface area contributed by atoms with E-state index in [1.54, 1.807) is 0 Å². The van der Waals surface area contributed by atoms with E-state index < -0.39 is 0 Å². The van der Waals surface area contributed by atoms with Crippen molar-refractivity contribution < 1.29 is 9.53 Å². The van der Waals surface area contributed by atoms with Gasteiger partial charge in [0.2, 0.25) is 0 Å². The van der Waals surface area contributed by atoms with E-state index in [1.165, 1.54) is 5.56 Å². The van der Waals surface area contributed by atoms with E-state index in [-0.39, 0.29) is 18.1 Å². The monoisotopic (exact) mass is 271 g/mol. The Morgan fingerprint density at radius 2 is 2.10 bits per heavy atom. The maximum absolute atomic E-state index is 12.3. The number of benzene rings is 1. The minimum absolute atomic E-state index is 0.0767. The van der Waals surface area contributed by atoms with Gasteiger partial charge in [0.1, 0.15) is 6.04 Å². The molecule has 0 N–H and O–H groups in total. The molecule has 0 aromatic heterocycles. The first-order chi connectivity index (χ1) is 9.72. The molecule has 20 heavy (non-hydrogen) atoms. The lowest BCUT2D eigenvalue weighted by molar-refractivity contribution is -0.150. The molecule has 1 heterocycles. The summed E-state index contributed by atoms with van der Waals surface area (Å²) in [4.78, 5) is 14.6. The Labute approximate surface area is 120 Å². The topological polar surface area (TPSA) is 29.5 Å². The molecule has 2 bridgehead atoms. The third-order valence-electron chi connectivity index (χ3n) is 4.46. The molecule has 1 aromatic rings. The number of fused-ring (bicyclic) bond motifs is 2. The number of hydrogen-bond acceptors (Lipinski definition) is 3. The average molecular weight is 271 g/mol. The lowest BCUT2D eigenvalue weighted by atomic mass is 9.99. The summed E-state index contributed by atoms with van der Waals surface area (Å²) in [5, 5.41) is 0. The predicted molar refractivity (Wildman–Crippen MR) is 78.2 cm³/mol. The molecule has 3 heteroatoms. The fourth-order valence-corrected chi connectivity index (χ4v) is 3.55. The summed E-state index contributed by atoms with van der Waals surface area (Å²) in [6, 6.07) is 10.8. The molecule has 0 radical (unpaired) electrons. The number of carbonyl (C=O) groups excluding carboxylic acids is 1. The smallest absolute Gasteiger partial charge is 0.323 e. The Morgan fingerprint density at radius 1 is 1.35 bits per heavy atom. The van der Waals surface area contributed by atoms with E-state index in [4.69, 9.17) is 4.74 Å². The van der Waals surface area contributed by atoms with Crippen molar-refractivity contribution in [2.45, 2.75) is 38.4 Å². The van der Waals surface area contributed by atoms with Crippen molar-refractivity contribution in [3.8, 4) is 0 Å². The second kappa shape index (κ2) is 5.41. The molecule has 3 nitrogen and oxygen atoms in total. The number of ether oxygens (including phenoxy) is 1. The van der Waals surface area contributed by atoms with E-state index in [0.717, 1.165) is 6.42 Å². The SMILES string of the molecule is CCOC(=O)[C@H]1[C@@H]2C=C[C@@H](C2)N1[C@H](C)c1ccccc1. The lowest BCUT2D eigenvalue weighted by Crippen LogP contribution is -2.46. The second-order valence-corrected chi connectivity index (χ2v) is 5.58. The van der Waals surface area contributed by atoms with Crippen molar-refractivity contribution in [2.75, 3.05) is 6.61 Å². The van der Waals surface area contributed by atoms with Gasteiger partial charge in [-0.05, 0) is 25.8 Å². The zero-order chi connectivity index (χ0) is 14.1. The van der Waals surface area contributed by atoms with Crippen LogP contribution in [0.1, 0.15) is 31.9 Å². The molecule has 1 aromatic carbocycles. The summed E-state index contributed by atoms with van der Waals surface area (Å²) >= 11 is 0. The van der Waals surface area contributed by atoms with E-state index in [1.807, 2.05) is 13.0 Å². The van der Waals surface area contributed by atoms with Gasteiger partial charge in [0, 0.05) is 18.0 Å². The maximum atomic E-state index is 12.3. The maximum Gasteiger partial charge on any atom is 0.323 e. The van der Waals surface area contributed by atoms with Crippen LogP contribution in [0.5, 0.6) is 0 Å². The number of carbonyl (C=O) groups is 1. The van der Waals surface area contributed by atoms with E-state index in [0.29, 0.717) is 18.6 Å². The highest BCUT2D eigenvalue weighted by Crippen LogP contribution is 2.42. The zero-order valence-electron chi connectivity index (χ0n) is 12.0. The number of likely N-dealkylation sites (tertiary alicyclic amines) is 1. The van der Waals surface area contributed by atoms with Crippen LogP contribution >= 0.6 is 0 Å². The molecule has 0 saturated carbocycles. The largest absolute Gasteiger partial charge is 0.465 e. The van der Waals surface area contributed by atoms with Crippen molar-refractivity contribution in [3.05, 3.63) is 48.0 Å². The Bertz CT molecular complexity index is 511. The van der Waals surface area contributed by atoms with Crippen molar-refractivity contribution in [3.63, 3.8) is 0 Å². The highest BCUT2D eigenvalue weighted by Gasteiger charge is 2.49. The standard InChI is InChI=1S/C17H21NO2/c1-3-20-17(19)16-14-9-10-15(11-14)18(16)12(2)13-7-5-4-6-8-13/h4-10,12,14-16H,3,11H2,1-2H3/t12-,14-,15+,16-/m1/s1. The lowest BCUT2D eigenvalue weighted by Gasteiger charge is -2.36. The van der Waals surface area contributed by atoms with Gasteiger partial charge in [0.15, 0.2) is 0 Å². The van der Waals surface area contributed by atoms with Crippen molar-refractivity contribution in [1.82, 2.24) is 4.90 Å². The van der Waals surface area contributed by atoms with Crippen LogP contribution in [0.3, 0.4) is 0 Å². The van der Waals surface area contributed by atoms with Crippen molar-refractivity contribution in [1.29, 1.82) is 0 Å². The molecule has 4 atom stereocenters. The summed E-state index contributed by atoms with van der Waals surface area (Å²) in [5.41, 5.74) is 1.25. The van der Waals surface area contributed by atoms with Gasteiger partial charge in [0.25, 0.3) is 0 Å². The Morgan fingerprint density at radius 3 is 2.80 bits per heavy atom. The van der Waals surface area contributed by atoms with Crippen molar-refractivity contribution >= 4 is 5.97 Å². The van der Waals surface area contributed by atoms with E-state index in [9.17, 15) is 4.79 Å². The molecule has 3 rings (SSSR count). The molecule has 1 aliphatic heterocycles. The van der Waals surface area contributed by atoms with Gasteiger partial charge >= 0.3 is 5.97 Å². The van der Waals surface area contributed by atoms with Crippen LogP contribution in [0.4, 0.5) is 0 Å². The first kappa shape index (κ1) is 13.4. The molecule has 0 amide bonds. The minimum Gasteiger partial charge on any atom is -0.465 e. The van der Waals surface area contributed by atoms with Crippen molar-refractivity contribution in [2.24, 2.45) is 5.92 Å². The van der Waals surface area contributed by atoms with Crippen LogP contribution in [0.2, 0.25) is 0 Å². The first-order valence-corrected chi connectivity index (χ1v) is 7.39. The molecule has 1 saturated heterocycles. The molecule has 106 valence electrons. The molecule has 1 fully saturated rings. The number of esters is 1. The first-order valence-electron chi connectivity index (χ1n) is 7.39. The summed E-state index contributed by atoms with van der Waals surface area (Å²) in [5.74, 6) is 0.234. The highest BCUT2D eigenvalue weighted by molar-refractivity contribution is 5.77. The highest BCUT2D eigenvalue weighted by atomic mass is 16.5. The van der Waals surface area contributed by atoms with Crippen LogP contribution in [-0.4, -0.2) is 29.6 Å². The fourth-order valence-electron chi connectivity index (χ4n) is 3.55. The minimum atomic E-state index is -0.125. The van der Waals surface area contributed by atoms with Gasteiger partial charge in [-0.1, -0.05) is 42.5 Å². The van der Waals surface area contributed by atoms with Gasteiger partial charge in [-0.3, -0.25) is 9.69 Å². The summed E-state index contributed by atoms with van der Waals surface area (Å²) in [6.07, 6.45) is 5.46. The van der Waals surface area contributed by atoms with Gasteiger partial charge < -0.3 is 4.74 Å². The van der Waals surface area contributed by atoms with Gasteiger partial charge in [-0.2, -0.15) is 0 Å². The molecular weight excluding hydrogens is 250 g/mol. The van der Waals surface area contributed by atoms with Crippen LogP contribution in [-0.2, 0) is 9.53 Å². The Kier molecular flexibility index (Phi) is 3.62. The van der Waals surface area contributed by atoms with Crippen LogP contribution in [0.25, 0.3) is 0 Å². The van der Waals surface area contributed by atoms with Gasteiger partial charge in [-0.25, -0.2) is 0 Å². The second-order valence-electron chi connectivity index (χ2n) is 5.58. The summed E-state index contributed by atoms with van der Waals surface area (Å²) < 4.78 is 5.28. The number of hydrogen-bond donors (Lipinski definition) is 0. The third kappa shape index (κ3) is 2.16. The fraction of sp³-hybridized carbons (Fsp3) is 0.471. The predicted octanol–water partition coefficient (Wildman–Crippen LogP) is 2.94. The molecule has 0 spiro atoms.